The smallest absolute Gasteiger partial charge is 0.390 e. The third-order valence-corrected chi connectivity index (χ3v) is 2.39. The molecule has 1 aromatic heterocycles. The Bertz CT molecular complexity index is 678. The summed E-state index contributed by atoms with van der Waals surface area (Å²) in [6, 6.07) is 5.03. The number of non-ortho nitro benzene ring substituents is 1. The average Bonchev–Trinajstić information content (AvgIpc) is 2.87. The van der Waals surface area contributed by atoms with E-state index in [1.54, 1.807) is 0 Å². The first-order valence-electron chi connectivity index (χ1n) is 5.29. The van der Waals surface area contributed by atoms with Gasteiger partial charge in [-0.2, -0.15) is 4.68 Å². The average molecular weight is 277 g/mol. The first-order valence-corrected chi connectivity index (χ1v) is 5.29. The lowest BCUT2D eigenvalue weighted by Gasteiger charge is -1.98. The van der Waals surface area contributed by atoms with Gasteiger partial charge in [-0.3, -0.25) is 14.9 Å². The number of nitrogens with zero attached hydrogens (tertiary/aromatic N) is 5. The minimum Gasteiger partial charge on any atom is -0.390 e. The lowest BCUT2D eigenvalue weighted by atomic mass is 10.1. The first-order chi connectivity index (χ1) is 9.47. The van der Waals surface area contributed by atoms with Crippen LogP contribution in [-0.2, 0) is 6.54 Å². The van der Waals surface area contributed by atoms with Crippen LogP contribution in [0.5, 0.6) is 0 Å². The Morgan fingerprint density at radius 2 is 1.80 bits per heavy atom. The summed E-state index contributed by atoms with van der Waals surface area (Å²) < 4.78 is 1.03. The monoisotopic (exact) mass is 277 g/mol. The molecule has 0 aliphatic rings. The van der Waals surface area contributed by atoms with Gasteiger partial charge in [-0.05, 0) is 17.1 Å². The van der Waals surface area contributed by atoms with E-state index in [0.717, 1.165) is 11.0 Å². The summed E-state index contributed by atoms with van der Waals surface area (Å²) in [6.07, 6.45) is 1.07. The van der Waals surface area contributed by atoms with Gasteiger partial charge in [0.25, 0.3) is 5.69 Å². The van der Waals surface area contributed by atoms with Crippen molar-refractivity contribution in [3.05, 3.63) is 56.4 Å². The van der Waals surface area contributed by atoms with Crippen molar-refractivity contribution in [3.63, 3.8) is 0 Å². The highest BCUT2D eigenvalue weighted by molar-refractivity contribution is 5.96. The highest BCUT2D eigenvalue weighted by Gasteiger charge is 2.16. The maximum absolute atomic E-state index is 11.8. The van der Waals surface area contributed by atoms with Crippen LogP contribution in [0.4, 0.5) is 11.6 Å². The number of nitro benzene ring substituents is 1. The number of carbonyl (C=O) groups is 1. The Morgan fingerprint density at radius 3 is 2.30 bits per heavy atom. The van der Waals surface area contributed by atoms with Gasteiger partial charge in [-0.25, -0.2) is 0 Å². The van der Waals surface area contributed by atoms with Crippen LogP contribution < -0.4 is 0 Å². The minimum absolute atomic E-state index is 0.127. The van der Waals surface area contributed by atoms with Crippen LogP contribution in [0.15, 0.2) is 30.6 Å². The lowest BCUT2D eigenvalue weighted by Crippen LogP contribution is -2.11. The summed E-state index contributed by atoms with van der Waals surface area (Å²) in [6.45, 7) is -0.237. The van der Waals surface area contributed by atoms with Crippen molar-refractivity contribution in [2.24, 2.45) is 0 Å². The van der Waals surface area contributed by atoms with Crippen molar-refractivity contribution in [2.75, 3.05) is 0 Å². The van der Waals surface area contributed by atoms with Crippen LogP contribution in [0.25, 0.3) is 0 Å². The van der Waals surface area contributed by atoms with Crippen molar-refractivity contribution >= 4 is 17.4 Å². The second-order valence-corrected chi connectivity index (χ2v) is 3.73. The first kappa shape index (κ1) is 13.3. The van der Waals surface area contributed by atoms with Gasteiger partial charge in [0.05, 0.1) is 4.92 Å². The zero-order valence-corrected chi connectivity index (χ0v) is 9.87. The summed E-state index contributed by atoms with van der Waals surface area (Å²) in [7, 11) is 0. The largest absolute Gasteiger partial charge is 0.490 e. The van der Waals surface area contributed by atoms with E-state index in [4.69, 9.17) is 0 Å². The van der Waals surface area contributed by atoms with E-state index >= 15 is 0 Å². The molecule has 1 heterocycles. The van der Waals surface area contributed by atoms with E-state index in [1.807, 2.05) is 0 Å². The molecule has 0 N–H and O–H groups in total. The van der Waals surface area contributed by atoms with Gasteiger partial charge in [0.2, 0.25) is 6.33 Å². The number of nitro groups is 2. The molecule has 2 rings (SSSR count). The molecule has 0 aliphatic carbocycles. The lowest BCUT2D eigenvalue weighted by molar-refractivity contribution is -0.394. The van der Waals surface area contributed by atoms with Gasteiger partial charge in [0.1, 0.15) is 6.54 Å². The van der Waals surface area contributed by atoms with Crippen molar-refractivity contribution < 1.29 is 14.6 Å². The molecule has 0 unspecified atom stereocenters. The van der Waals surface area contributed by atoms with Crippen molar-refractivity contribution in [1.82, 2.24) is 14.8 Å². The zero-order chi connectivity index (χ0) is 14.7. The van der Waals surface area contributed by atoms with Gasteiger partial charge < -0.3 is 10.1 Å². The van der Waals surface area contributed by atoms with E-state index in [0.29, 0.717) is 0 Å². The maximum atomic E-state index is 11.8. The second-order valence-electron chi connectivity index (χ2n) is 3.73. The zero-order valence-electron chi connectivity index (χ0n) is 9.87. The number of rotatable bonds is 5. The molecule has 20 heavy (non-hydrogen) atoms. The third-order valence-electron chi connectivity index (χ3n) is 2.39. The quantitative estimate of drug-likeness (QED) is 0.451. The van der Waals surface area contributed by atoms with E-state index in [1.165, 1.54) is 24.3 Å². The van der Waals surface area contributed by atoms with Crippen LogP contribution in [0.3, 0.4) is 0 Å². The standard InChI is InChI=1S/C10H7N5O5/c16-9(5-13-6-11-10(12-13)15(19)20)7-1-3-8(4-2-7)14(17)18/h1-4,6H,5H2. The third kappa shape index (κ3) is 2.80. The fourth-order valence-electron chi connectivity index (χ4n) is 1.45. The highest BCUT2D eigenvalue weighted by Crippen LogP contribution is 2.13. The Kier molecular flexibility index (Phi) is 3.46. The molecule has 0 radical (unpaired) electrons. The molecule has 1 aromatic carbocycles. The van der Waals surface area contributed by atoms with E-state index in [-0.39, 0.29) is 23.6 Å². The van der Waals surface area contributed by atoms with Gasteiger partial charge in [0, 0.05) is 22.8 Å². The molecule has 0 fully saturated rings. The van der Waals surface area contributed by atoms with Crippen molar-refractivity contribution in [3.8, 4) is 0 Å². The van der Waals surface area contributed by atoms with Gasteiger partial charge >= 0.3 is 5.95 Å². The van der Waals surface area contributed by atoms with Crippen LogP contribution in [-0.4, -0.2) is 30.4 Å². The molecule has 0 amide bonds. The molecule has 102 valence electrons. The molecule has 0 saturated carbocycles. The van der Waals surface area contributed by atoms with Crippen LogP contribution >= 0.6 is 0 Å². The molecular weight excluding hydrogens is 270 g/mol. The maximum Gasteiger partial charge on any atom is 0.490 e. The molecule has 0 saturated heterocycles. The number of ketones is 1. The molecular formula is C10H7N5O5. The Hall–Kier alpha value is -3.17. The normalized spacial score (nSPS) is 10.2. The van der Waals surface area contributed by atoms with Gasteiger partial charge in [-0.15, -0.1) is 0 Å². The van der Waals surface area contributed by atoms with Crippen molar-refractivity contribution in [2.45, 2.75) is 6.54 Å². The Morgan fingerprint density at radius 1 is 1.15 bits per heavy atom. The number of carbonyl (C=O) groups excluding carboxylic acids is 1. The Labute approximate surface area is 111 Å². The molecule has 0 spiro atoms. The van der Waals surface area contributed by atoms with E-state index in [9.17, 15) is 25.0 Å². The number of Topliss-reactive ketones (excluding diaryl/α,β-unsaturated/α-hetero) is 1. The molecule has 0 bridgehead atoms. The number of benzene rings is 1. The van der Waals surface area contributed by atoms with Gasteiger partial charge in [-0.1, -0.05) is 4.98 Å². The summed E-state index contributed by atoms with van der Waals surface area (Å²) in [5.74, 6) is -0.985. The minimum atomic E-state index is -0.771. The van der Waals surface area contributed by atoms with Crippen LogP contribution in [0.2, 0.25) is 0 Å². The number of hydrogen-bond acceptors (Lipinski definition) is 7. The van der Waals surface area contributed by atoms with Crippen molar-refractivity contribution in [1.29, 1.82) is 0 Å². The highest BCUT2D eigenvalue weighted by atomic mass is 16.6. The van der Waals surface area contributed by atoms with Gasteiger partial charge in [0.15, 0.2) is 5.78 Å². The predicted octanol–water partition coefficient (Wildman–Crippen LogP) is 0.977. The summed E-state index contributed by atoms with van der Waals surface area (Å²) >= 11 is 0. The Balaban J connectivity index is 2.11. The van der Waals surface area contributed by atoms with Crippen LogP contribution in [0, 0.1) is 20.2 Å². The van der Waals surface area contributed by atoms with Crippen LogP contribution in [0.1, 0.15) is 10.4 Å². The van der Waals surface area contributed by atoms with E-state index < -0.39 is 15.8 Å². The molecule has 10 heteroatoms. The number of aromatic nitrogens is 3. The SMILES string of the molecule is O=C(Cn1cnc([N+](=O)[O-])n1)c1ccc([N+](=O)[O-])cc1. The summed E-state index contributed by atoms with van der Waals surface area (Å²) in [5, 5.41) is 24.4. The summed E-state index contributed by atoms with van der Waals surface area (Å²) in [4.78, 5) is 34.8. The molecule has 2 aromatic rings. The topological polar surface area (TPSA) is 134 Å². The second kappa shape index (κ2) is 5.22. The predicted molar refractivity (Wildman–Crippen MR) is 64.1 cm³/mol. The molecule has 10 nitrogen and oxygen atoms in total. The fourth-order valence-corrected chi connectivity index (χ4v) is 1.45. The molecule has 0 atom stereocenters. The molecule has 0 aliphatic heterocycles. The number of hydrogen-bond donors (Lipinski definition) is 0. The summed E-state index contributed by atoms with van der Waals surface area (Å²) in [5.41, 5.74) is 0.117. The van der Waals surface area contributed by atoms with E-state index in [2.05, 4.69) is 10.1 Å². The fraction of sp³-hybridized carbons (Fsp3) is 0.100.